The van der Waals surface area contributed by atoms with Gasteiger partial charge in [-0.25, -0.2) is 0 Å². The number of anilines is 1. The van der Waals surface area contributed by atoms with Crippen molar-refractivity contribution in [2.24, 2.45) is 4.99 Å². The van der Waals surface area contributed by atoms with E-state index < -0.39 is 0 Å². The molecule has 1 aromatic carbocycles. The lowest BCUT2D eigenvalue weighted by molar-refractivity contribution is -0.109. The summed E-state index contributed by atoms with van der Waals surface area (Å²) in [4.78, 5) is 14.8. The average molecular weight is 384 g/mol. The fourth-order valence-corrected chi connectivity index (χ4v) is 2.61. The van der Waals surface area contributed by atoms with Crippen molar-refractivity contribution in [3.8, 4) is 0 Å². The van der Waals surface area contributed by atoms with Gasteiger partial charge in [-0.3, -0.25) is 9.79 Å². The average Bonchev–Trinajstić information content (AvgIpc) is 2.69. The molecule has 0 fully saturated rings. The molecule has 0 radical (unpaired) electrons. The maximum atomic E-state index is 10.7. The first-order valence-corrected chi connectivity index (χ1v) is 9.66. The molecule has 1 atom stereocenters. The van der Waals surface area contributed by atoms with Crippen LogP contribution in [0.3, 0.4) is 0 Å². The molecule has 1 rings (SSSR count). The Hall–Kier alpha value is -2.98. The van der Waals surface area contributed by atoms with Gasteiger partial charge in [0.1, 0.15) is 0 Å². The minimum atomic E-state index is -0.0976. The van der Waals surface area contributed by atoms with Gasteiger partial charge in [0.05, 0.1) is 6.04 Å². The fraction of sp³-hybridized carbons (Fsp3) is 0.409. The van der Waals surface area contributed by atoms with Crippen LogP contribution in [0.1, 0.15) is 31.7 Å². The van der Waals surface area contributed by atoms with E-state index in [4.69, 9.17) is 0 Å². The van der Waals surface area contributed by atoms with E-state index in [1.807, 2.05) is 24.3 Å². The third kappa shape index (κ3) is 9.64. The first-order valence-electron chi connectivity index (χ1n) is 9.66. The summed E-state index contributed by atoms with van der Waals surface area (Å²) >= 11 is 0. The predicted octanol–water partition coefficient (Wildman–Crippen LogP) is 2.97. The molecule has 0 aliphatic rings. The number of benzene rings is 1. The van der Waals surface area contributed by atoms with Crippen molar-refractivity contribution in [3.05, 3.63) is 60.5 Å². The zero-order chi connectivity index (χ0) is 20.6. The topological polar surface area (TPSA) is 77.6 Å². The molecule has 4 N–H and O–H groups in total. The van der Waals surface area contributed by atoms with Crippen LogP contribution in [0.25, 0.3) is 0 Å². The highest BCUT2D eigenvalue weighted by atomic mass is 16.1. The molecule has 0 aromatic heterocycles. The lowest BCUT2D eigenvalue weighted by atomic mass is 10.1. The number of amides is 1. The Morgan fingerprint density at radius 1 is 1.25 bits per heavy atom. The van der Waals surface area contributed by atoms with Crippen LogP contribution in [-0.4, -0.2) is 38.5 Å². The van der Waals surface area contributed by atoms with Crippen molar-refractivity contribution >= 4 is 18.1 Å². The van der Waals surface area contributed by atoms with Crippen molar-refractivity contribution in [2.45, 2.75) is 38.6 Å². The van der Waals surface area contributed by atoms with Gasteiger partial charge in [0.2, 0.25) is 6.41 Å². The van der Waals surface area contributed by atoms with Crippen molar-refractivity contribution in [3.63, 3.8) is 0 Å². The second-order valence-corrected chi connectivity index (χ2v) is 6.42. The highest BCUT2D eigenvalue weighted by molar-refractivity contribution is 5.79. The Morgan fingerprint density at radius 2 is 1.96 bits per heavy atom. The van der Waals surface area contributed by atoms with E-state index in [0.717, 1.165) is 55.3 Å². The summed E-state index contributed by atoms with van der Waals surface area (Å²) in [7, 11) is 1.78. The van der Waals surface area contributed by atoms with Crippen LogP contribution in [0.4, 0.5) is 5.69 Å². The summed E-state index contributed by atoms with van der Waals surface area (Å²) in [6.07, 6.45) is 6.05. The summed E-state index contributed by atoms with van der Waals surface area (Å²) < 4.78 is 0. The van der Waals surface area contributed by atoms with Gasteiger partial charge in [-0.15, -0.1) is 5.73 Å². The summed E-state index contributed by atoms with van der Waals surface area (Å²) in [5, 5.41) is 12.6. The Bertz CT molecular complexity index is 675. The number of guanidine groups is 1. The molecule has 0 aliphatic heterocycles. The molecule has 1 unspecified atom stereocenters. The molecule has 152 valence electrons. The number of aliphatic imine (C=N–C) groups is 1. The molecular formula is C22H33N5O. The van der Waals surface area contributed by atoms with Gasteiger partial charge in [0, 0.05) is 31.5 Å². The van der Waals surface area contributed by atoms with E-state index in [0.29, 0.717) is 12.8 Å². The third-order valence-corrected chi connectivity index (χ3v) is 4.05. The van der Waals surface area contributed by atoms with Gasteiger partial charge in [0.25, 0.3) is 0 Å². The number of nitrogens with zero attached hydrogens (tertiary/aromatic N) is 1. The lowest BCUT2D eigenvalue weighted by Gasteiger charge is -2.14. The summed E-state index contributed by atoms with van der Waals surface area (Å²) in [6.45, 7) is 11.5. The standard InChI is InChI=1S/C22H33N5O/c1-5-8-21(26-17-28)16-19-10-12-20(13-11-19)27-18(3)9-7-15-25-22(23-4)24-14-6-2/h8,10-13,17,21,27H,1,3,6-7,9,14-16H2,2,4H3,(H,26,28)(H2,23,24,25). The number of carbonyl (C=O) groups is 1. The van der Waals surface area contributed by atoms with Gasteiger partial charge in [-0.1, -0.05) is 32.2 Å². The zero-order valence-electron chi connectivity index (χ0n) is 17.1. The summed E-state index contributed by atoms with van der Waals surface area (Å²) in [6, 6.07) is 8.02. The molecule has 0 aliphatic carbocycles. The molecule has 0 spiro atoms. The Kier molecular flexibility index (Phi) is 11.6. The quantitative estimate of drug-likeness (QED) is 0.139. The first-order chi connectivity index (χ1) is 13.6. The number of rotatable bonds is 13. The van der Waals surface area contributed by atoms with Crippen LogP contribution >= 0.6 is 0 Å². The van der Waals surface area contributed by atoms with Crippen molar-refractivity contribution in [1.82, 2.24) is 16.0 Å². The van der Waals surface area contributed by atoms with Gasteiger partial charge in [-0.05, 0) is 49.5 Å². The second kappa shape index (κ2) is 14.1. The van der Waals surface area contributed by atoms with Gasteiger partial charge >= 0.3 is 0 Å². The van der Waals surface area contributed by atoms with Crippen LogP contribution < -0.4 is 21.3 Å². The number of nitrogens with one attached hydrogen (secondary N) is 4. The van der Waals surface area contributed by atoms with Gasteiger partial charge in [0.15, 0.2) is 5.96 Å². The molecule has 6 nitrogen and oxygen atoms in total. The van der Waals surface area contributed by atoms with E-state index in [2.05, 4.69) is 52.1 Å². The highest BCUT2D eigenvalue weighted by Gasteiger charge is 2.05. The van der Waals surface area contributed by atoms with Gasteiger partial charge in [-0.2, -0.15) is 0 Å². The van der Waals surface area contributed by atoms with Crippen molar-refractivity contribution in [2.75, 3.05) is 25.5 Å². The summed E-state index contributed by atoms with van der Waals surface area (Å²) in [5.74, 6) is 0.838. The number of hydrogen-bond donors (Lipinski definition) is 4. The maximum absolute atomic E-state index is 10.7. The van der Waals surface area contributed by atoms with Crippen LogP contribution in [0, 0.1) is 0 Å². The van der Waals surface area contributed by atoms with Crippen LogP contribution in [0.2, 0.25) is 0 Å². The smallest absolute Gasteiger partial charge is 0.207 e. The van der Waals surface area contributed by atoms with E-state index in [1.54, 1.807) is 13.1 Å². The number of carbonyl (C=O) groups excluding carboxylic acids is 1. The maximum Gasteiger partial charge on any atom is 0.207 e. The molecule has 0 bridgehead atoms. The Morgan fingerprint density at radius 3 is 2.57 bits per heavy atom. The molecule has 0 heterocycles. The zero-order valence-corrected chi connectivity index (χ0v) is 17.1. The van der Waals surface area contributed by atoms with E-state index in [1.165, 1.54) is 0 Å². The highest BCUT2D eigenvalue weighted by Crippen LogP contribution is 2.14. The number of hydrogen-bond acceptors (Lipinski definition) is 3. The van der Waals surface area contributed by atoms with E-state index in [-0.39, 0.29) is 6.04 Å². The summed E-state index contributed by atoms with van der Waals surface area (Å²) in [5.41, 5.74) is 5.82. The van der Waals surface area contributed by atoms with E-state index >= 15 is 0 Å². The molecule has 0 saturated heterocycles. The molecule has 1 amide bonds. The number of allylic oxidation sites excluding steroid dienone is 1. The SMILES string of the molecule is C=C=CC(Cc1ccc(NC(=C)CCCNC(=NC)NCCC)cc1)NC=O. The van der Waals surface area contributed by atoms with Gasteiger partial charge < -0.3 is 21.3 Å². The second-order valence-electron chi connectivity index (χ2n) is 6.42. The van der Waals surface area contributed by atoms with Crippen molar-refractivity contribution in [1.29, 1.82) is 0 Å². The first kappa shape index (κ1) is 23.1. The molecular weight excluding hydrogens is 350 g/mol. The Balaban J connectivity index is 2.38. The largest absolute Gasteiger partial charge is 0.359 e. The predicted molar refractivity (Wildman–Crippen MR) is 118 cm³/mol. The molecule has 6 heteroatoms. The van der Waals surface area contributed by atoms with E-state index in [9.17, 15) is 4.79 Å². The van der Waals surface area contributed by atoms with Crippen LogP contribution in [0.15, 0.2) is 59.9 Å². The third-order valence-electron chi connectivity index (χ3n) is 4.05. The monoisotopic (exact) mass is 383 g/mol. The fourth-order valence-electron chi connectivity index (χ4n) is 2.61. The Labute approximate surface area is 168 Å². The molecule has 0 saturated carbocycles. The van der Waals surface area contributed by atoms with Crippen LogP contribution in [0.5, 0.6) is 0 Å². The van der Waals surface area contributed by atoms with Crippen molar-refractivity contribution < 1.29 is 4.79 Å². The minimum absolute atomic E-state index is 0.0976. The lowest BCUT2D eigenvalue weighted by Crippen LogP contribution is -2.38. The normalized spacial score (nSPS) is 11.7. The molecule has 1 aromatic rings. The van der Waals surface area contributed by atoms with Crippen LogP contribution in [-0.2, 0) is 11.2 Å². The minimum Gasteiger partial charge on any atom is -0.359 e. The molecule has 28 heavy (non-hydrogen) atoms.